The molecule has 0 heterocycles. The summed E-state index contributed by atoms with van der Waals surface area (Å²) in [4.78, 5) is 2.58. The molecule has 2 aromatic carbocycles. The van der Waals surface area contributed by atoms with Crippen LogP contribution in [0, 0.1) is 0 Å². The Balaban J connectivity index is 2.66. The van der Waals surface area contributed by atoms with Gasteiger partial charge in [0, 0.05) is 29.9 Å². The number of halogens is 2. The fourth-order valence-corrected chi connectivity index (χ4v) is 5.06. The summed E-state index contributed by atoms with van der Waals surface area (Å²) >= 11 is 10.9. The first-order valence-electron chi connectivity index (χ1n) is 6.01. The van der Waals surface area contributed by atoms with E-state index < -0.39 is 0 Å². The molecule has 0 aliphatic carbocycles. The molecular weight excluding hydrogens is 416 g/mol. The molecule has 0 bridgehead atoms. The van der Waals surface area contributed by atoms with E-state index in [1.165, 1.54) is 20.9 Å². The second kappa shape index (κ2) is 7.74. The van der Waals surface area contributed by atoms with Gasteiger partial charge in [0.25, 0.3) is 0 Å². The summed E-state index contributed by atoms with van der Waals surface area (Å²) in [5, 5.41) is 0. The predicted molar refractivity (Wildman–Crippen MR) is 102 cm³/mol. The molecule has 0 aliphatic rings. The van der Waals surface area contributed by atoms with Gasteiger partial charge in [0.2, 0.25) is 0 Å². The molecule has 0 aromatic heterocycles. The molecule has 0 aliphatic heterocycles. The molecule has 0 N–H and O–H groups in total. The summed E-state index contributed by atoms with van der Waals surface area (Å²) < 4.78 is 2.26. The maximum Gasteiger partial charge on any atom is 0.0295 e. The summed E-state index contributed by atoms with van der Waals surface area (Å²) in [5.74, 6) is 0. The van der Waals surface area contributed by atoms with Crippen LogP contribution in [0.3, 0.4) is 0 Å². The first-order chi connectivity index (χ1) is 9.69. The van der Waals surface area contributed by atoms with Crippen molar-refractivity contribution in [3.8, 4) is 0 Å². The summed E-state index contributed by atoms with van der Waals surface area (Å²) in [7, 11) is 0. The zero-order valence-corrected chi connectivity index (χ0v) is 16.0. The van der Waals surface area contributed by atoms with Crippen LogP contribution in [0.5, 0.6) is 0 Å². The molecule has 104 valence electrons. The molecule has 0 unspecified atom stereocenters. The Labute approximate surface area is 145 Å². The van der Waals surface area contributed by atoms with Gasteiger partial charge in [-0.3, -0.25) is 0 Å². The summed E-state index contributed by atoms with van der Waals surface area (Å²) in [6.45, 7) is 0. The van der Waals surface area contributed by atoms with Crippen LogP contribution in [-0.4, -0.2) is 12.5 Å². The van der Waals surface area contributed by atoms with Crippen molar-refractivity contribution in [2.24, 2.45) is 0 Å². The summed E-state index contributed by atoms with van der Waals surface area (Å²) in [5.41, 5.74) is 2.47. The van der Waals surface area contributed by atoms with Gasteiger partial charge in [0.05, 0.1) is 0 Å². The fraction of sp³-hybridized carbons (Fsp3) is 0.125. The van der Waals surface area contributed by atoms with Crippen LogP contribution in [0.15, 0.2) is 57.5 Å². The van der Waals surface area contributed by atoms with Gasteiger partial charge in [-0.1, -0.05) is 68.3 Å². The second-order valence-electron chi connectivity index (χ2n) is 4.03. The predicted octanol–water partition coefficient (Wildman–Crippen LogP) is 6.76. The third-order valence-corrected chi connectivity index (χ3v) is 6.03. The molecule has 0 nitrogen and oxygen atoms in total. The number of rotatable bonds is 4. The van der Waals surface area contributed by atoms with Gasteiger partial charge in [0.15, 0.2) is 0 Å². The molecule has 0 saturated heterocycles. The van der Waals surface area contributed by atoms with Gasteiger partial charge < -0.3 is 0 Å². The van der Waals surface area contributed by atoms with Crippen molar-refractivity contribution in [2.75, 3.05) is 12.5 Å². The van der Waals surface area contributed by atoms with E-state index >= 15 is 0 Å². The first kappa shape index (κ1) is 16.2. The van der Waals surface area contributed by atoms with Gasteiger partial charge >= 0.3 is 0 Å². The molecule has 0 spiro atoms. The molecule has 4 heteroatoms. The van der Waals surface area contributed by atoms with E-state index in [0.717, 1.165) is 8.95 Å². The molecular formula is C16H14Br2S2. The van der Waals surface area contributed by atoms with E-state index in [9.17, 15) is 0 Å². The minimum Gasteiger partial charge on any atom is -0.128 e. The lowest BCUT2D eigenvalue weighted by atomic mass is 10.1. The van der Waals surface area contributed by atoms with Gasteiger partial charge in [-0.25, -0.2) is 0 Å². The maximum atomic E-state index is 3.66. The lowest BCUT2D eigenvalue weighted by molar-refractivity contribution is 1.57. The highest BCUT2D eigenvalue weighted by Crippen LogP contribution is 2.43. The lowest BCUT2D eigenvalue weighted by Crippen LogP contribution is -1.89. The van der Waals surface area contributed by atoms with Crippen LogP contribution in [0.1, 0.15) is 11.1 Å². The van der Waals surface area contributed by atoms with Crippen LogP contribution in [0.25, 0.3) is 9.81 Å². The average molecular weight is 430 g/mol. The number of hydrogen-bond donors (Lipinski definition) is 0. The highest BCUT2D eigenvalue weighted by molar-refractivity contribution is 9.10. The largest absolute Gasteiger partial charge is 0.128 e. The van der Waals surface area contributed by atoms with E-state index in [2.05, 4.69) is 80.8 Å². The molecule has 0 fully saturated rings. The van der Waals surface area contributed by atoms with Crippen LogP contribution in [0.4, 0.5) is 0 Å². The molecule has 20 heavy (non-hydrogen) atoms. The third-order valence-electron chi connectivity index (χ3n) is 2.85. The Kier molecular flexibility index (Phi) is 6.27. The Hall–Kier alpha value is -0.160. The Bertz CT molecular complexity index is 580. The summed E-state index contributed by atoms with van der Waals surface area (Å²) in [6.07, 6.45) is 4.25. The van der Waals surface area contributed by atoms with Crippen molar-refractivity contribution >= 4 is 65.2 Å². The van der Waals surface area contributed by atoms with E-state index in [0.29, 0.717) is 0 Å². The van der Waals surface area contributed by atoms with Gasteiger partial charge in [0.1, 0.15) is 0 Å². The second-order valence-corrected chi connectivity index (χ2v) is 7.37. The van der Waals surface area contributed by atoms with Crippen molar-refractivity contribution < 1.29 is 0 Å². The quantitative estimate of drug-likeness (QED) is 0.492. The number of benzene rings is 2. The van der Waals surface area contributed by atoms with Crippen molar-refractivity contribution in [1.29, 1.82) is 0 Å². The van der Waals surface area contributed by atoms with Crippen molar-refractivity contribution in [2.45, 2.75) is 0 Å². The Morgan fingerprint density at radius 3 is 1.35 bits per heavy atom. The van der Waals surface area contributed by atoms with Gasteiger partial charge in [-0.2, -0.15) is 0 Å². The third kappa shape index (κ3) is 3.53. The maximum absolute atomic E-state index is 3.66. The molecule has 0 saturated carbocycles. The summed E-state index contributed by atoms with van der Waals surface area (Å²) in [6, 6.07) is 16.7. The molecule has 2 rings (SSSR count). The van der Waals surface area contributed by atoms with E-state index in [-0.39, 0.29) is 0 Å². The van der Waals surface area contributed by atoms with Crippen LogP contribution < -0.4 is 0 Å². The van der Waals surface area contributed by atoms with Crippen molar-refractivity contribution in [3.05, 3.63) is 68.6 Å². The minimum atomic E-state index is 1.13. The number of hydrogen-bond acceptors (Lipinski definition) is 2. The topological polar surface area (TPSA) is 0 Å². The molecule has 0 atom stereocenters. The smallest absolute Gasteiger partial charge is 0.0295 e. The van der Waals surface area contributed by atoms with Crippen LogP contribution in [-0.2, 0) is 0 Å². The normalized spacial score (nSPS) is 12.2. The first-order valence-corrected chi connectivity index (χ1v) is 10.0. The molecule has 0 amide bonds. The van der Waals surface area contributed by atoms with E-state index in [4.69, 9.17) is 0 Å². The highest BCUT2D eigenvalue weighted by Gasteiger charge is 2.14. The van der Waals surface area contributed by atoms with Crippen molar-refractivity contribution in [3.63, 3.8) is 0 Å². The van der Waals surface area contributed by atoms with Gasteiger partial charge in [-0.05, 0) is 24.6 Å². The zero-order chi connectivity index (χ0) is 14.5. The fourth-order valence-electron chi connectivity index (χ4n) is 1.94. The highest BCUT2D eigenvalue weighted by atomic mass is 79.9. The Morgan fingerprint density at radius 1 is 0.700 bits per heavy atom. The zero-order valence-electron chi connectivity index (χ0n) is 11.2. The van der Waals surface area contributed by atoms with Crippen LogP contribution in [0.2, 0.25) is 0 Å². The Morgan fingerprint density at radius 2 is 1.05 bits per heavy atom. The van der Waals surface area contributed by atoms with E-state index in [1.807, 2.05) is 12.1 Å². The van der Waals surface area contributed by atoms with Crippen LogP contribution >= 0.6 is 55.4 Å². The van der Waals surface area contributed by atoms with Gasteiger partial charge in [-0.15, -0.1) is 23.5 Å². The molecule has 0 radical (unpaired) electrons. The standard InChI is InChI=1S/C16H14Br2S2/c1-19-15(11-7-3-5-9-13(11)17)16(20-2)12-8-4-6-10-14(12)18/h3-10H,1-2H3/b16-15-. The van der Waals surface area contributed by atoms with E-state index in [1.54, 1.807) is 23.5 Å². The average Bonchev–Trinajstić information content (AvgIpc) is 2.47. The lowest BCUT2D eigenvalue weighted by Gasteiger charge is -2.15. The SMILES string of the molecule is CS/C(=C(\SC)c1ccccc1Br)c1ccccc1Br. The number of thioether (sulfide) groups is 2. The minimum absolute atomic E-state index is 1.13. The monoisotopic (exact) mass is 428 g/mol. The molecule has 2 aromatic rings. The van der Waals surface area contributed by atoms with Crippen molar-refractivity contribution in [1.82, 2.24) is 0 Å².